The van der Waals surface area contributed by atoms with Gasteiger partial charge in [0.2, 0.25) is 0 Å². The highest BCUT2D eigenvalue weighted by Gasteiger charge is 2.21. The molecule has 1 aromatic rings. The summed E-state index contributed by atoms with van der Waals surface area (Å²) >= 11 is 0. The summed E-state index contributed by atoms with van der Waals surface area (Å²) in [5.41, 5.74) is 1.84. The van der Waals surface area contributed by atoms with Crippen LogP contribution in [-0.4, -0.2) is 17.3 Å². The second kappa shape index (κ2) is 5.81. The Hall–Kier alpha value is -1.37. The first-order valence-electron chi connectivity index (χ1n) is 6.20. The minimum Gasteiger partial charge on any atom is -0.392 e. The Kier molecular flexibility index (Phi) is 4.13. The number of rotatable bonds is 3. The third-order valence-corrected chi connectivity index (χ3v) is 3.38. The third kappa shape index (κ3) is 3.29. The molecule has 1 aliphatic carbocycles. The van der Waals surface area contributed by atoms with Gasteiger partial charge < -0.3 is 10.4 Å². The summed E-state index contributed by atoms with van der Waals surface area (Å²) in [6, 6.07) is 9.90. The van der Waals surface area contributed by atoms with Crippen LogP contribution in [0.5, 0.6) is 0 Å². The van der Waals surface area contributed by atoms with Crippen LogP contribution in [0.15, 0.2) is 24.3 Å². The molecule has 0 saturated heterocycles. The standard InChI is InChI=1S/C14H18N2O/c15-9-11-5-7-12(8-6-11)10-16-13-3-1-2-4-14(13)17/h5-8,13-14,16-17H,1-4,10H2/t13-,14+/m1/s1. The summed E-state index contributed by atoms with van der Waals surface area (Å²) in [4.78, 5) is 0. The zero-order valence-corrected chi connectivity index (χ0v) is 9.89. The molecule has 0 spiro atoms. The molecule has 2 rings (SSSR count). The van der Waals surface area contributed by atoms with Crippen LogP contribution in [0.4, 0.5) is 0 Å². The summed E-state index contributed by atoms with van der Waals surface area (Å²) in [7, 11) is 0. The second-order valence-corrected chi connectivity index (χ2v) is 4.65. The van der Waals surface area contributed by atoms with Gasteiger partial charge in [-0.15, -0.1) is 0 Å². The molecule has 2 N–H and O–H groups in total. The first-order chi connectivity index (χ1) is 8.29. The fourth-order valence-electron chi connectivity index (χ4n) is 2.30. The molecule has 0 radical (unpaired) electrons. The van der Waals surface area contributed by atoms with E-state index < -0.39 is 0 Å². The molecule has 90 valence electrons. The van der Waals surface area contributed by atoms with Crippen LogP contribution in [0.3, 0.4) is 0 Å². The summed E-state index contributed by atoms with van der Waals surface area (Å²) in [6.07, 6.45) is 4.09. The molecular formula is C14H18N2O. The minimum absolute atomic E-state index is 0.206. The van der Waals surface area contributed by atoms with E-state index in [0.29, 0.717) is 5.56 Å². The van der Waals surface area contributed by atoms with Gasteiger partial charge in [0.05, 0.1) is 17.7 Å². The van der Waals surface area contributed by atoms with Crippen LogP contribution in [0.25, 0.3) is 0 Å². The van der Waals surface area contributed by atoms with Crippen molar-refractivity contribution in [3.63, 3.8) is 0 Å². The lowest BCUT2D eigenvalue weighted by molar-refractivity contribution is 0.0902. The van der Waals surface area contributed by atoms with Gasteiger partial charge in [0, 0.05) is 12.6 Å². The largest absolute Gasteiger partial charge is 0.392 e. The average Bonchev–Trinajstić information content (AvgIpc) is 2.38. The van der Waals surface area contributed by atoms with Crippen molar-refractivity contribution in [1.29, 1.82) is 5.26 Å². The van der Waals surface area contributed by atoms with Crippen LogP contribution >= 0.6 is 0 Å². The van der Waals surface area contributed by atoms with Crippen molar-refractivity contribution in [3.05, 3.63) is 35.4 Å². The lowest BCUT2D eigenvalue weighted by Gasteiger charge is -2.28. The van der Waals surface area contributed by atoms with Crippen LogP contribution < -0.4 is 5.32 Å². The number of benzene rings is 1. The highest BCUT2D eigenvalue weighted by Crippen LogP contribution is 2.18. The fourth-order valence-corrected chi connectivity index (χ4v) is 2.30. The molecule has 0 heterocycles. The van der Waals surface area contributed by atoms with Crippen LogP contribution in [0.1, 0.15) is 36.8 Å². The van der Waals surface area contributed by atoms with E-state index in [1.165, 1.54) is 6.42 Å². The number of aliphatic hydroxyl groups is 1. The van der Waals surface area contributed by atoms with Gasteiger partial charge in [0.25, 0.3) is 0 Å². The molecule has 17 heavy (non-hydrogen) atoms. The van der Waals surface area contributed by atoms with Crippen LogP contribution in [-0.2, 0) is 6.54 Å². The topological polar surface area (TPSA) is 56.0 Å². The molecule has 1 aromatic carbocycles. The highest BCUT2D eigenvalue weighted by molar-refractivity contribution is 5.31. The van der Waals surface area contributed by atoms with Gasteiger partial charge in [0.15, 0.2) is 0 Å². The Morgan fingerprint density at radius 3 is 2.59 bits per heavy atom. The van der Waals surface area contributed by atoms with E-state index in [0.717, 1.165) is 31.4 Å². The molecule has 0 unspecified atom stereocenters. The van der Waals surface area contributed by atoms with Crippen LogP contribution in [0.2, 0.25) is 0 Å². The van der Waals surface area contributed by atoms with Gasteiger partial charge in [-0.1, -0.05) is 25.0 Å². The number of hydrogen-bond donors (Lipinski definition) is 2. The van der Waals surface area contributed by atoms with Crippen molar-refractivity contribution in [2.75, 3.05) is 0 Å². The number of nitrogens with zero attached hydrogens (tertiary/aromatic N) is 1. The minimum atomic E-state index is -0.206. The SMILES string of the molecule is N#Cc1ccc(CN[C@@H]2CCCC[C@@H]2O)cc1. The molecule has 3 nitrogen and oxygen atoms in total. The summed E-state index contributed by atoms with van der Waals surface area (Å²) in [5, 5.41) is 21.9. The molecule has 0 aliphatic heterocycles. The fraction of sp³-hybridized carbons (Fsp3) is 0.500. The predicted molar refractivity (Wildman–Crippen MR) is 66.3 cm³/mol. The molecule has 2 atom stereocenters. The molecule has 1 aliphatic rings. The van der Waals surface area contributed by atoms with E-state index in [-0.39, 0.29) is 12.1 Å². The molecule has 0 bridgehead atoms. The van der Waals surface area contributed by atoms with E-state index in [2.05, 4.69) is 11.4 Å². The van der Waals surface area contributed by atoms with Crippen molar-refractivity contribution in [2.24, 2.45) is 0 Å². The number of aliphatic hydroxyl groups excluding tert-OH is 1. The maximum atomic E-state index is 9.82. The van der Waals surface area contributed by atoms with Gasteiger partial charge >= 0.3 is 0 Å². The average molecular weight is 230 g/mol. The van der Waals surface area contributed by atoms with Crippen molar-refractivity contribution < 1.29 is 5.11 Å². The zero-order valence-electron chi connectivity index (χ0n) is 9.89. The normalized spacial score (nSPS) is 24.2. The maximum absolute atomic E-state index is 9.82. The van der Waals surface area contributed by atoms with Crippen molar-refractivity contribution in [1.82, 2.24) is 5.32 Å². The monoisotopic (exact) mass is 230 g/mol. The predicted octanol–water partition coefficient (Wildman–Crippen LogP) is 1.95. The lowest BCUT2D eigenvalue weighted by Crippen LogP contribution is -2.41. The molecule has 3 heteroatoms. The molecule has 1 saturated carbocycles. The van der Waals surface area contributed by atoms with Gasteiger partial charge in [-0.3, -0.25) is 0 Å². The van der Waals surface area contributed by atoms with Crippen molar-refractivity contribution in [3.8, 4) is 6.07 Å². The van der Waals surface area contributed by atoms with Gasteiger partial charge in [-0.25, -0.2) is 0 Å². The first kappa shape index (κ1) is 12.1. The third-order valence-electron chi connectivity index (χ3n) is 3.38. The second-order valence-electron chi connectivity index (χ2n) is 4.65. The van der Waals surface area contributed by atoms with E-state index in [1.54, 1.807) is 0 Å². The van der Waals surface area contributed by atoms with E-state index >= 15 is 0 Å². The molecular weight excluding hydrogens is 212 g/mol. The van der Waals surface area contributed by atoms with Crippen LogP contribution in [0, 0.1) is 11.3 Å². The van der Waals surface area contributed by atoms with E-state index in [9.17, 15) is 5.11 Å². The Morgan fingerprint density at radius 2 is 1.94 bits per heavy atom. The smallest absolute Gasteiger partial charge is 0.0991 e. The van der Waals surface area contributed by atoms with E-state index in [4.69, 9.17) is 5.26 Å². The van der Waals surface area contributed by atoms with Gasteiger partial charge in [0.1, 0.15) is 0 Å². The van der Waals surface area contributed by atoms with Crippen molar-refractivity contribution in [2.45, 2.75) is 44.4 Å². The van der Waals surface area contributed by atoms with Gasteiger partial charge in [-0.05, 0) is 30.5 Å². The molecule has 1 fully saturated rings. The Labute approximate surface area is 102 Å². The zero-order chi connectivity index (χ0) is 12.1. The maximum Gasteiger partial charge on any atom is 0.0991 e. The summed E-state index contributed by atoms with van der Waals surface area (Å²) < 4.78 is 0. The van der Waals surface area contributed by atoms with E-state index in [1.807, 2.05) is 24.3 Å². The van der Waals surface area contributed by atoms with Crippen molar-refractivity contribution >= 4 is 0 Å². The Balaban J connectivity index is 1.86. The number of hydrogen-bond acceptors (Lipinski definition) is 3. The number of nitriles is 1. The summed E-state index contributed by atoms with van der Waals surface area (Å²) in [5.74, 6) is 0. The summed E-state index contributed by atoms with van der Waals surface area (Å²) in [6.45, 7) is 0.757. The Morgan fingerprint density at radius 1 is 1.24 bits per heavy atom. The molecule has 0 amide bonds. The highest BCUT2D eigenvalue weighted by atomic mass is 16.3. The Bertz CT molecular complexity index is 394. The quantitative estimate of drug-likeness (QED) is 0.834. The number of nitrogens with one attached hydrogen (secondary N) is 1. The first-order valence-corrected chi connectivity index (χ1v) is 6.20. The molecule has 0 aromatic heterocycles. The van der Waals surface area contributed by atoms with Gasteiger partial charge in [-0.2, -0.15) is 5.26 Å². The lowest BCUT2D eigenvalue weighted by atomic mass is 9.92.